The average Bonchev–Trinajstić information content (AvgIpc) is 2.57. The van der Waals surface area contributed by atoms with Gasteiger partial charge >= 0.3 is 0 Å². The predicted octanol–water partition coefficient (Wildman–Crippen LogP) is 4.03. The van der Waals surface area contributed by atoms with Crippen molar-refractivity contribution in [3.63, 3.8) is 0 Å². The normalized spacial score (nSPS) is 20.2. The fourth-order valence-electron chi connectivity index (χ4n) is 2.91. The maximum Gasteiger partial charge on any atom is 0.0501 e. The Morgan fingerprint density at radius 2 is 1.71 bits per heavy atom. The molecule has 0 heterocycles. The second kappa shape index (κ2) is 5.85. The van der Waals surface area contributed by atoms with E-state index in [0.717, 1.165) is 19.3 Å². The monoisotopic (exact) mass is 231 g/mol. The van der Waals surface area contributed by atoms with E-state index in [-0.39, 0.29) is 5.41 Å². The van der Waals surface area contributed by atoms with Crippen LogP contribution in [0.3, 0.4) is 0 Å². The summed E-state index contributed by atoms with van der Waals surface area (Å²) in [6.07, 6.45) is 10.2. The van der Waals surface area contributed by atoms with Crippen molar-refractivity contribution in [3.8, 4) is 0 Å². The topological polar surface area (TPSA) is 32.6 Å². The molecule has 17 heavy (non-hydrogen) atoms. The molecule has 2 heteroatoms. The second-order valence-electron chi connectivity index (χ2n) is 5.18. The highest BCUT2D eigenvalue weighted by molar-refractivity contribution is 5.65. The lowest BCUT2D eigenvalue weighted by Crippen LogP contribution is -2.25. The zero-order valence-corrected chi connectivity index (χ0v) is 10.3. The molecule has 2 rings (SSSR count). The van der Waals surface area contributed by atoms with Gasteiger partial charge in [-0.1, -0.05) is 56.0 Å². The quantitative estimate of drug-likeness (QED) is 0.362. The lowest BCUT2D eigenvalue weighted by Gasteiger charge is -2.28. The molecule has 0 spiro atoms. The predicted molar refractivity (Wildman–Crippen MR) is 70.6 cm³/mol. The van der Waals surface area contributed by atoms with Crippen LogP contribution < -0.4 is 0 Å². The molecule has 0 bridgehead atoms. The van der Waals surface area contributed by atoms with E-state index in [1.165, 1.54) is 31.2 Å². The molecule has 0 atom stereocenters. The molecule has 0 radical (unpaired) electrons. The van der Waals surface area contributed by atoms with Crippen LogP contribution in [-0.2, 0) is 6.42 Å². The number of hydrogen-bond acceptors (Lipinski definition) is 2. The highest BCUT2D eigenvalue weighted by Gasteiger charge is 2.29. The summed E-state index contributed by atoms with van der Waals surface area (Å²) in [4.78, 5) is 0. The smallest absolute Gasteiger partial charge is 0.0501 e. The summed E-state index contributed by atoms with van der Waals surface area (Å²) in [7, 11) is 0. The Kier molecular flexibility index (Phi) is 4.18. The summed E-state index contributed by atoms with van der Waals surface area (Å²) in [6.45, 7) is 0. The zero-order valence-electron chi connectivity index (χ0n) is 10.3. The molecule has 0 aromatic heterocycles. The minimum absolute atomic E-state index is 0.0760. The first-order chi connectivity index (χ1) is 8.35. The van der Waals surface area contributed by atoms with Crippen LogP contribution in [0.1, 0.15) is 44.1 Å². The molecule has 1 aromatic rings. The molecule has 0 amide bonds. The molecule has 0 unspecified atom stereocenters. The Bertz CT molecular complexity index is 350. The van der Waals surface area contributed by atoms with Crippen LogP contribution in [0.4, 0.5) is 0 Å². The van der Waals surface area contributed by atoms with Crippen molar-refractivity contribution in [1.82, 2.24) is 0 Å². The molecule has 1 aromatic carbocycles. The molecule has 92 valence electrons. The summed E-state index contributed by atoms with van der Waals surface area (Å²) in [5.74, 6) is 0. The molecule has 0 aliphatic heterocycles. The Balaban J connectivity index is 2.15. The van der Waals surface area contributed by atoms with Gasteiger partial charge < -0.3 is 5.21 Å². The van der Waals surface area contributed by atoms with Gasteiger partial charge in [0.2, 0.25) is 0 Å². The Hall–Kier alpha value is -1.31. The van der Waals surface area contributed by atoms with Crippen molar-refractivity contribution < 1.29 is 5.21 Å². The number of benzene rings is 1. The molecule has 0 saturated heterocycles. The van der Waals surface area contributed by atoms with E-state index in [4.69, 9.17) is 5.21 Å². The van der Waals surface area contributed by atoms with Crippen LogP contribution in [0.25, 0.3) is 0 Å². The van der Waals surface area contributed by atoms with Crippen LogP contribution >= 0.6 is 0 Å². The van der Waals surface area contributed by atoms with Gasteiger partial charge in [-0.3, -0.25) is 0 Å². The van der Waals surface area contributed by atoms with Crippen molar-refractivity contribution in [2.45, 2.75) is 44.9 Å². The molecule has 1 N–H and O–H groups in total. The Morgan fingerprint density at radius 1 is 1.06 bits per heavy atom. The van der Waals surface area contributed by atoms with E-state index in [2.05, 4.69) is 29.4 Å². The minimum atomic E-state index is 0.0760. The summed E-state index contributed by atoms with van der Waals surface area (Å²) < 4.78 is 0. The highest BCUT2D eigenvalue weighted by Crippen LogP contribution is 2.36. The molecule has 1 saturated carbocycles. The first kappa shape index (κ1) is 12.2. The first-order valence-electron chi connectivity index (χ1n) is 6.57. The number of rotatable bonds is 3. The third kappa shape index (κ3) is 3.32. The number of nitrogens with zero attached hydrogens (tertiary/aromatic N) is 1. The maximum absolute atomic E-state index is 8.92. The van der Waals surface area contributed by atoms with Crippen LogP contribution in [-0.4, -0.2) is 11.4 Å². The molecular formula is C15H21NO. The minimum Gasteiger partial charge on any atom is -0.411 e. The van der Waals surface area contributed by atoms with Crippen molar-refractivity contribution in [1.29, 1.82) is 0 Å². The summed E-state index contributed by atoms with van der Waals surface area (Å²) in [5, 5.41) is 12.3. The van der Waals surface area contributed by atoms with E-state index < -0.39 is 0 Å². The zero-order chi connectivity index (χ0) is 12.0. The van der Waals surface area contributed by atoms with Crippen molar-refractivity contribution in [3.05, 3.63) is 35.9 Å². The van der Waals surface area contributed by atoms with Gasteiger partial charge in [0.1, 0.15) is 0 Å². The van der Waals surface area contributed by atoms with Gasteiger partial charge in [-0.05, 0) is 24.8 Å². The average molecular weight is 231 g/mol. The summed E-state index contributed by atoms with van der Waals surface area (Å²) >= 11 is 0. The summed E-state index contributed by atoms with van der Waals surface area (Å²) in [5.41, 5.74) is 1.42. The van der Waals surface area contributed by atoms with Crippen LogP contribution in [0, 0.1) is 5.41 Å². The van der Waals surface area contributed by atoms with E-state index in [1.807, 2.05) is 6.07 Å². The molecular weight excluding hydrogens is 210 g/mol. The highest BCUT2D eigenvalue weighted by atomic mass is 16.4. The first-order valence-corrected chi connectivity index (χ1v) is 6.57. The second-order valence-corrected chi connectivity index (χ2v) is 5.18. The van der Waals surface area contributed by atoms with Gasteiger partial charge in [0.25, 0.3) is 0 Å². The van der Waals surface area contributed by atoms with Gasteiger partial charge in [-0.25, -0.2) is 0 Å². The lowest BCUT2D eigenvalue weighted by atomic mass is 9.76. The molecule has 1 fully saturated rings. The third-order valence-corrected chi connectivity index (χ3v) is 3.83. The Morgan fingerprint density at radius 3 is 2.29 bits per heavy atom. The summed E-state index contributed by atoms with van der Waals surface area (Å²) in [6, 6.07) is 10.5. The molecule has 2 nitrogen and oxygen atoms in total. The van der Waals surface area contributed by atoms with Crippen LogP contribution in [0.5, 0.6) is 0 Å². The Labute approximate surface area is 103 Å². The van der Waals surface area contributed by atoms with Gasteiger partial charge in [0, 0.05) is 5.41 Å². The fourth-order valence-corrected chi connectivity index (χ4v) is 2.91. The van der Waals surface area contributed by atoms with Crippen molar-refractivity contribution in [2.75, 3.05) is 0 Å². The number of oxime groups is 1. The van der Waals surface area contributed by atoms with E-state index in [1.54, 1.807) is 6.21 Å². The van der Waals surface area contributed by atoms with E-state index in [9.17, 15) is 0 Å². The van der Waals surface area contributed by atoms with Gasteiger partial charge in [0.15, 0.2) is 0 Å². The molecule has 1 aliphatic carbocycles. The van der Waals surface area contributed by atoms with Crippen LogP contribution in [0.2, 0.25) is 0 Å². The van der Waals surface area contributed by atoms with Crippen LogP contribution in [0.15, 0.2) is 35.5 Å². The van der Waals surface area contributed by atoms with E-state index >= 15 is 0 Å². The standard InChI is InChI=1S/C15H21NO/c17-16-13-15(10-6-1-2-7-11-15)12-14-8-4-3-5-9-14/h3-5,8-9,13,17H,1-2,6-7,10-12H2. The van der Waals surface area contributed by atoms with E-state index in [0.29, 0.717) is 0 Å². The molecule has 1 aliphatic rings. The lowest BCUT2D eigenvalue weighted by molar-refractivity contribution is 0.298. The van der Waals surface area contributed by atoms with Gasteiger partial charge in [0.05, 0.1) is 6.21 Å². The largest absolute Gasteiger partial charge is 0.411 e. The van der Waals surface area contributed by atoms with Crippen molar-refractivity contribution in [2.24, 2.45) is 10.6 Å². The fraction of sp³-hybridized carbons (Fsp3) is 0.533. The van der Waals surface area contributed by atoms with Gasteiger partial charge in [-0.15, -0.1) is 5.16 Å². The third-order valence-electron chi connectivity index (χ3n) is 3.83. The number of hydrogen-bond donors (Lipinski definition) is 1. The van der Waals surface area contributed by atoms with Crippen molar-refractivity contribution >= 4 is 6.21 Å². The van der Waals surface area contributed by atoms with Gasteiger partial charge in [-0.2, -0.15) is 0 Å². The SMILES string of the molecule is ON=CC1(Cc2ccccc2)CCCCCC1. The maximum atomic E-state index is 8.92.